The Labute approximate surface area is 84.3 Å². The lowest BCUT2D eigenvalue weighted by Crippen LogP contribution is -2.19. The molecule has 0 aromatic rings. The van der Waals surface area contributed by atoms with Crippen LogP contribution in [0.1, 0.15) is 54.4 Å². The molecule has 0 atom stereocenters. The summed E-state index contributed by atoms with van der Waals surface area (Å²) in [6.07, 6.45) is 2.41. The van der Waals surface area contributed by atoms with Crippen LogP contribution in [0.25, 0.3) is 0 Å². The molecule has 0 spiro atoms. The van der Waals surface area contributed by atoms with Crippen molar-refractivity contribution in [3.63, 3.8) is 0 Å². The molecule has 0 aliphatic heterocycles. The minimum Gasteiger partial charge on any atom is -0.242 e. The van der Waals surface area contributed by atoms with Crippen LogP contribution >= 0.6 is 0 Å². The Balaban J connectivity index is 3.28. The molecule has 0 bridgehead atoms. The SMILES string of the molecule is CC(C)(C)CC[N]CCC(C)(C)C. The molecule has 0 amide bonds. The van der Waals surface area contributed by atoms with Gasteiger partial charge in [0.15, 0.2) is 0 Å². The van der Waals surface area contributed by atoms with Crippen molar-refractivity contribution in [2.45, 2.75) is 54.4 Å². The smallest absolute Gasteiger partial charge is 0.0138 e. The van der Waals surface area contributed by atoms with E-state index in [1.54, 1.807) is 0 Å². The van der Waals surface area contributed by atoms with Gasteiger partial charge < -0.3 is 0 Å². The zero-order valence-corrected chi connectivity index (χ0v) is 10.3. The van der Waals surface area contributed by atoms with Gasteiger partial charge in [0.05, 0.1) is 0 Å². The van der Waals surface area contributed by atoms with Crippen LogP contribution in [-0.2, 0) is 0 Å². The number of hydrogen-bond donors (Lipinski definition) is 0. The summed E-state index contributed by atoms with van der Waals surface area (Å²) in [4.78, 5) is 0. The van der Waals surface area contributed by atoms with Crippen molar-refractivity contribution in [1.82, 2.24) is 5.32 Å². The molecular weight excluding hydrogens is 158 g/mol. The fourth-order valence-corrected chi connectivity index (χ4v) is 0.941. The van der Waals surface area contributed by atoms with Gasteiger partial charge in [0.2, 0.25) is 0 Å². The van der Waals surface area contributed by atoms with Crippen LogP contribution in [0.4, 0.5) is 0 Å². The van der Waals surface area contributed by atoms with Crippen LogP contribution in [0.15, 0.2) is 0 Å². The minimum atomic E-state index is 0.436. The van der Waals surface area contributed by atoms with Crippen LogP contribution in [0.3, 0.4) is 0 Å². The Morgan fingerprint density at radius 2 is 1.00 bits per heavy atom. The Kier molecular flexibility index (Phi) is 4.98. The Morgan fingerprint density at radius 1 is 0.692 bits per heavy atom. The van der Waals surface area contributed by atoms with E-state index < -0.39 is 0 Å². The fourth-order valence-electron chi connectivity index (χ4n) is 0.941. The van der Waals surface area contributed by atoms with Gasteiger partial charge in [0, 0.05) is 13.1 Å². The summed E-state index contributed by atoms with van der Waals surface area (Å²) in [5.41, 5.74) is 0.871. The largest absolute Gasteiger partial charge is 0.242 e. The maximum absolute atomic E-state index is 4.54. The maximum atomic E-state index is 4.54. The summed E-state index contributed by atoms with van der Waals surface area (Å²) >= 11 is 0. The topological polar surface area (TPSA) is 14.1 Å². The second-order valence-electron chi connectivity index (χ2n) is 6.29. The minimum absolute atomic E-state index is 0.436. The Hall–Kier alpha value is -0.0400. The lowest BCUT2D eigenvalue weighted by atomic mass is 9.91. The summed E-state index contributed by atoms with van der Waals surface area (Å²) in [5.74, 6) is 0. The van der Waals surface area contributed by atoms with E-state index in [-0.39, 0.29) is 0 Å². The number of nitrogens with zero attached hydrogens (tertiary/aromatic N) is 1. The van der Waals surface area contributed by atoms with Crippen molar-refractivity contribution in [1.29, 1.82) is 0 Å². The first-order valence-electron chi connectivity index (χ1n) is 5.34. The predicted molar refractivity (Wildman–Crippen MR) is 60.0 cm³/mol. The molecule has 0 saturated carbocycles. The average Bonchev–Trinajstić information content (AvgIpc) is 1.81. The molecule has 0 aromatic heterocycles. The van der Waals surface area contributed by atoms with Crippen molar-refractivity contribution >= 4 is 0 Å². The molecule has 0 fully saturated rings. The molecule has 0 saturated heterocycles. The highest BCUT2D eigenvalue weighted by Crippen LogP contribution is 2.19. The molecule has 0 aromatic carbocycles. The van der Waals surface area contributed by atoms with Crippen LogP contribution in [0, 0.1) is 10.8 Å². The predicted octanol–water partition coefficient (Wildman–Crippen LogP) is 3.46. The summed E-state index contributed by atoms with van der Waals surface area (Å²) in [6.45, 7) is 15.7. The van der Waals surface area contributed by atoms with E-state index in [0.29, 0.717) is 10.8 Å². The van der Waals surface area contributed by atoms with E-state index in [4.69, 9.17) is 0 Å². The molecular formula is C12H26N. The van der Waals surface area contributed by atoms with Crippen LogP contribution in [-0.4, -0.2) is 13.1 Å². The van der Waals surface area contributed by atoms with Gasteiger partial charge in [-0.15, -0.1) is 0 Å². The number of rotatable bonds is 4. The van der Waals surface area contributed by atoms with Crippen LogP contribution in [0.5, 0.6) is 0 Å². The third-order valence-corrected chi connectivity index (χ3v) is 2.04. The quantitative estimate of drug-likeness (QED) is 0.594. The highest BCUT2D eigenvalue weighted by atomic mass is 14.8. The van der Waals surface area contributed by atoms with E-state index in [9.17, 15) is 0 Å². The molecule has 0 aliphatic rings. The lowest BCUT2D eigenvalue weighted by molar-refractivity contribution is 0.337. The molecule has 1 nitrogen and oxygen atoms in total. The summed E-state index contributed by atoms with van der Waals surface area (Å²) in [5, 5.41) is 4.54. The van der Waals surface area contributed by atoms with E-state index >= 15 is 0 Å². The normalized spacial score (nSPS) is 13.4. The third-order valence-electron chi connectivity index (χ3n) is 2.04. The third kappa shape index (κ3) is 12.0. The Bertz CT molecular complexity index is 109. The molecule has 79 valence electrons. The average molecular weight is 184 g/mol. The summed E-state index contributed by atoms with van der Waals surface area (Å²) < 4.78 is 0. The monoisotopic (exact) mass is 184 g/mol. The standard InChI is InChI=1S/C12H26N/c1-11(2,3)7-9-13-10-8-12(4,5)6/h7-10H2,1-6H3. The van der Waals surface area contributed by atoms with Crippen molar-refractivity contribution in [3.8, 4) is 0 Å². The molecule has 0 unspecified atom stereocenters. The Morgan fingerprint density at radius 3 is 1.23 bits per heavy atom. The molecule has 13 heavy (non-hydrogen) atoms. The molecule has 0 N–H and O–H groups in total. The van der Waals surface area contributed by atoms with Gasteiger partial charge in [-0.3, -0.25) is 0 Å². The highest BCUT2D eigenvalue weighted by Gasteiger charge is 2.11. The highest BCUT2D eigenvalue weighted by molar-refractivity contribution is 4.65. The number of hydrogen-bond acceptors (Lipinski definition) is 0. The lowest BCUT2D eigenvalue weighted by Gasteiger charge is -2.20. The van der Waals surface area contributed by atoms with Gasteiger partial charge in [-0.25, -0.2) is 5.32 Å². The zero-order chi connectivity index (χ0) is 10.5. The first-order valence-corrected chi connectivity index (χ1v) is 5.34. The maximum Gasteiger partial charge on any atom is 0.0138 e. The summed E-state index contributed by atoms with van der Waals surface area (Å²) in [6, 6.07) is 0. The van der Waals surface area contributed by atoms with Crippen molar-refractivity contribution in [3.05, 3.63) is 0 Å². The van der Waals surface area contributed by atoms with Crippen molar-refractivity contribution in [2.24, 2.45) is 10.8 Å². The molecule has 1 radical (unpaired) electrons. The molecule has 0 aliphatic carbocycles. The van der Waals surface area contributed by atoms with Gasteiger partial charge in [-0.1, -0.05) is 41.5 Å². The molecule has 1 heteroatoms. The van der Waals surface area contributed by atoms with E-state index in [1.165, 1.54) is 12.8 Å². The molecule has 0 heterocycles. The van der Waals surface area contributed by atoms with Crippen LogP contribution < -0.4 is 5.32 Å². The molecule has 0 rings (SSSR count). The van der Waals surface area contributed by atoms with Gasteiger partial charge in [-0.2, -0.15) is 0 Å². The fraction of sp³-hybridized carbons (Fsp3) is 1.00. The first kappa shape index (κ1) is 13.0. The second-order valence-corrected chi connectivity index (χ2v) is 6.29. The van der Waals surface area contributed by atoms with Gasteiger partial charge in [0.1, 0.15) is 0 Å². The van der Waals surface area contributed by atoms with E-state index in [0.717, 1.165) is 13.1 Å². The van der Waals surface area contributed by atoms with E-state index in [1.807, 2.05) is 0 Å². The van der Waals surface area contributed by atoms with Gasteiger partial charge in [-0.05, 0) is 23.7 Å². The van der Waals surface area contributed by atoms with Gasteiger partial charge in [0.25, 0.3) is 0 Å². The van der Waals surface area contributed by atoms with Crippen LogP contribution in [0.2, 0.25) is 0 Å². The van der Waals surface area contributed by atoms with Gasteiger partial charge >= 0.3 is 0 Å². The van der Waals surface area contributed by atoms with Crippen molar-refractivity contribution < 1.29 is 0 Å². The summed E-state index contributed by atoms with van der Waals surface area (Å²) in [7, 11) is 0. The first-order chi connectivity index (χ1) is 5.71. The zero-order valence-electron chi connectivity index (χ0n) is 10.3. The van der Waals surface area contributed by atoms with Crippen molar-refractivity contribution in [2.75, 3.05) is 13.1 Å². The second kappa shape index (κ2) is 4.99. The van der Waals surface area contributed by atoms with E-state index in [2.05, 4.69) is 46.9 Å².